The van der Waals surface area contributed by atoms with Gasteiger partial charge in [0.2, 0.25) is 0 Å². The summed E-state index contributed by atoms with van der Waals surface area (Å²) in [5.74, 6) is 0.541. The summed E-state index contributed by atoms with van der Waals surface area (Å²) in [6.45, 7) is 1.97. The number of aromatic nitrogens is 3. The van der Waals surface area contributed by atoms with Gasteiger partial charge in [0.1, 0.15) is 15.9 Å². The smallest absolute Gasteiger partial charge is 0.124 e. The van der Waals surface area contributed by atoms with Crippen LogP contribution >= 0.6 is 11.8 Å². The number of aryl methyl sites for hydroxylation is 2. The third kappa shape index (κ3) is 2.30. The molecular weight excluding hydrogens is 208 g/mol. The van der Waals surface area contributed by atoms with Gasteiger partial charge in [0.25, 0.3) is 0 Å². The predicted molar refractivity (Wildman–Crippen MR) is 60.7 cm³/mol. The van der Waals surface area contributed by atoms with Crippen molar-refractivity contribution in [1.29, 1.82) is 0 Å². The van der Waals surface area contributed by atoms with Crippen molar-refractivity contribution in [3.8, 4) is 0 Å². The maximum Gasteiger partial charge on any atom is 0.124 e. The van der Waals surface area contributed by atoms with E-state index in [4.69, 9.17) is 5.73 Å². The summed E-state index contributed by atoms with van der Waals surface area (Å²) >= 11 is 1.56. The zero-order valence-corrected chi connectivity index (χ0v) is 9.45. The van der Waals surface area contributed by atoms with Gasteiger partial charge in [-0.1, -0.05) is 17.8 Å². The highest BCUT2D eigenvalue weighted by molar-refractivity contribution is 7.99. The molecule has 2 aromatic heterocycles. The Kier molecular flexibility index (Phi) is 2.64. The number of nitrogen functional groups attached to an aromatic ring is 1. The van der Waals surface area contributed by atoms with Gasteiger partial charge in [-0.3, -0.25) is 4.68 Å². The summed E-state index contributed by atoms with van der Waals surface area (Å²) in [7, 11) is 1.92. The molecule has 0 aliphatic carbocycles. The molecule has 0 saturated carbocycles. The number of nitrogens with zero attached hydrogens (tertiary/aromatic N) is 3. The molecule has 0 spiro atoms. The highest BCUT2D eigenvalue weighted by atomic mass is 32.2. The van der Waals surface area contributed by atoms with Crippen molar-refractivity contribution in [1.82, 2.24) is 14.8 Å². The lowest BCUT2D eigenvalue weighted by Crippen LogP contribution is -1.94. The molecule has 0 saturated heterocycles. The summed E-state index contributed by atoms with van der Waals surface area (Å²) in [4.78, 5) is 4.22. The number of rotatable bonds is 2. The summed E-state index contributed by atoms with van der Waals surface area (Å²) in [5, 5.41) is 6.21. The van der Waals surface area contributed by atoms with Crippen LogP contribution in [0.1, 0.15) is 5.69 Å². The van der Waals surface area contributed by atoms with Gasteiger partial charge in [0.15, 0.2) is 0 Å². The van der Waals surface area contributed by atoms with Crippen LogP contribution in [0.25, 0.3) is 0 Å². The largest absolute Gasteiger partial charge is 0.384 e. The predicted octanol–water partition coefficient (Wildman–Crippen LogP) is 1.86. The fourth-order valence-corrected chi connectivity index (χ4v) is 2.19. The normalized spacial score (nSPS) is 10.5. The second kappa shape index (κ2) is 3.94. The molecule has 78 valence electrons. The van der Waals surface area contributed by atoms with Crippen LogP contribution in [0.2, 0.25) is 0 Å². The maximum atomic E-state index is 5.61. The van der Waals surface area contributed by atoms with Crippen LogP contribution in [-0.2, 0) is 7.05 Å². The first-order valence-corrected chi connectivity index (χ1v) is 5.38. The SMILES string of the molecule is Cc1cc(Sc2cccc(N)n2)n(C)n1. The van der Waals surface area contributed by atoms with Crippen LogP contribution < -0.4 is 5.73 Å². The fraction of sp³-hybridized carbons (Fsp3) is 0.200. The second-order valence-corrected chi connectivity index (χ2v) is 4.29. The number of nitrogens with two attached hydrogens (primary N) is 1. The lowest BCUT2D eigenvalue weighted by Gasteiger charge is -2.01. The molecule has 0 atom stereocenters. The highest BCUT2D eigenvalue weighted by Crippen LogP contribution is 2.26. The van der Waals surface area contributed by atoms with Gasteiger partial charge in [-0.25, -0.2) is 4.98 Å². The Bertz CT molecular complexity index is 478. The average Bonchev–Trinajstić information content (AvgIpc) is 2.45. The van der Waals surface area contributed by atoms with E-state index in [1.165, 1.54) is 0 Å². The van der Waals surface area contributed by atoms with E-state index in [0.717, 1.165) is 15.7 Å². The molecule has 0 bridgehead atoms. The molecule has 0 aliphatic heterocycles. The minimum atomic E-state index is 0.541. The van der Waals surface area contributed by atoms with Gasteiger partial charge in [0, 0.05) is 7.05 Å². The van der Waals surface area contributed by atoms with Crippen LogP contribution in [0.5, 0.6) is 0 Å². The molecule has 0 aromatic carbocycles. The van der Waals surface area contributed by atoms with E-state index >= 15 is 0 Å². The van der Waals surface area contributed by atoms with Crippen LogP contribution in [-0.4, -0.2) is 14.8 Å². The Labute approximate surface area is 92.5 Å². The number of hydrogen-bond acceptors (Lipinski definition) is 4. The van der Waals surface area contributed by atoms with Gasteiger partial charge in [-0.15, -0.1) is 0 Å². The molecular formula is C10H12N4S. The van der Waals surface area contributed by atoms with E-state index in [1.807, 2.05) is 36.9 Å². The number of hydrogen-bond donors (Lipinski definition) is 1. The van der Waals surface area contributed by atoms with E-state index in [-0.39, 0.29) is 0 Å². The molecule has 4 nitrogen and oxygen atoms in total. The Hall–Kier alpha value is -1.49. The fourth-order valence-electron chi connectivity index (χ4n) is 1.28. The molecule has 2 rings (SSSR count). The highest BCUT2D eigenvalue weighted by Gasteiger charge is 2.05. The topological polar surface area (TPSA) is 56.7 Å². The molecule has 2 heterocycles. The average molecular weight is 220 g/mol. The van der Waals surface area contributed by atoms with Crippen LogP contribution in [0, 0.1) is 6.92 Å². The third-order valence-electron chi connectivity index (χ3n) is 1.91. The van der Waals surface area contributed by atoms with Crippen LogP contribution in [0.15, 0.2) is 34.3 Å². The summed E-state index contributed by atoms with van der Waals surface area (Å²) in [6, 6.07) is 7.63. The summed E-state index contributed by atoms with van der Waals surface area (Å²) < 4.78 is 1.84. The van der Waals surface area contributed by atoms with Gasteiger partial charge >= 0.3 is 0 Å². The van der Waals surface area contributed by atoms with E-state index in [2.05, 4.69) is 10.1 Å². The summed E-state index contributed by atoms with van der Waals surface area (Å²) in [6.07, 6.45) is 0. The molecule has 2 N–H and O–H groups in total. The second-order valence-electron chi connectivity index (χ2n) is 3.25. The Balaban J connectivity index is 2.25. The molecule has 0 amide bonds. The van der Waals surface area contributed by atoms with Crippen molar-refractivity contribution in [2.45, 2.75) is 17.0 Å². The van der Waals surface area contributed by atoms with E-state index < -0.39 is 0 Å². The number of pyridine rings is 1. The molecule has 0 fully saturated rings. The first-order valence-electron chi connectivity index (χ1n) is 4.56. The molecule has 0 aliphatic rings. The first-order chi connectivity index (χ1) is 7.15. The third-order valence-corrected chi connectivity index (χ3v) is 2.94. The van der Waals surface area contributed by atoms with E-state index in [0.29, 0.717) is 5.82 Å². The zero-order chi connectivity index (χ0) is 10.8. The van der Waals surface area contributed by atoms with E-state index in [1.54, 1.807) is 17.8 Å². The first kappa shape index (κ1) is 10.0. The monoisotopic (exact) mass is 220 g/mol. The summed E-state index contributed by atoms with van der Waals surface area (Å²) in [5.41, 5.74) is 6.61. The standard InChI is InChI=1S/C10H12N4S/c1-7-6-10(14(2)13-7)15-9-5-3-4-8(11)12-9/h3-6H,1-2H3,(H2,11,12). The lowest BCUT2D eigenvalue weighted by molar-refractivity contribution is 0.692. The van der Waals surface area contributed by atoms with Crippen molar-refractivity contribution in [3.05, 3.63) is 30.0 Å². The molecule has 5 heteroatoms. The number of anilines is 1. The van der Waals surface area contributed by atoms with Crippen molar-refractivity contribution in [3.63, 3.8) is 0 Å². The van der Waals surface area contributed by atoms with Crippen LogP contribution in [0.3, 0.4) is 0 Å². The van der Waals surface area contributed by atoms with Crippen molar-refractivity contribution in [2.24, 2.45) is 7.05 Å². The molecule has 0 unspecified atom stereocenters. The quantitative estimate of drug-likeness (QED) is 0.839. The minimum absolute atomic E-state index is 0.541. The molecule has 15 heavy (non-hydrogen) atoms. The van der Waals surface area contributed by atoms with Gasteiger partial charge < -0.3 is 5.73 Å². The maximum absolute atomic E-state index is 5.61. The van der Waals surface area contributed by atoms with E-state index in [9.17, 15) is 0 Å². The van der Waals surface area contributed by atoms with Crippen molar-refractivity contribution in [2.75, 3.05) is 5.73 Å². The Morgan fingerprint density at radius 2 is 2.20 bits per heavy atom. The van der Waals surface area contributed by atoms with Crippen molar-refractivity contribution < 1.29 is 0 Å². The van der Waals surface area contributed by atoms with Gasteiger partial charge in [0.05, 0.1) is 5.69 Å². The Morgan fingerprint density at radius 3 is 2.80 bits per heavy atom. The van der Waals surface area contributed by atoms with Crippen molar-refractivity contribution >= 4 is 17.6 Å². The minimum Gasteiger partial charge on any atom is -0.384 e. The van der Waals surface area contributed by atoms with Gasteiger partial charge in [-0.05, 0) is 25.1 Å². The lowest BCUT2D eigenvalue weighted by atomic mass is 10.5. The zero-order valence-electron chi connectivity index (χ0n) is 8.64. The van der Waals surface area contributed by atoms with Crippen LogP contribution in [0.4, 0.5) is 5.82 Å². The van der Waals surface area contributed by atoms with Gasteiger partial charge in [-0.2, -0.15) is 5.10 Å². The molecule has 0 radical (unpaired) electrons. The Morgan fingerprint density at radius 1 is 1.40 bits per heavy atom. The molecule has 2 aromatic rings.